The molecule has 2 atom stereocenters. The molecule has 1 aromatic rings. The van der Waals surface area contributed by atoms with E-state index in [1.165, 1.54) is 0 Å². The molecule has 2 unspecified atom stereocenters. The van der Waals surface area contributed by atoms with Crippen LogP contribution in [0.3, 0.4) is 0 Å². The minimum atomic E-state index is 0.136. The highest BCUT2D eigenvalue weighted by molar-refractivity contribution is 7.80. The maximum Gasteiger partial charge on any atom is 0.161 e. The number of hydrogen-bond acceptors (Lipinski definition) is 3. The molecule has 0 saturated heterocycles. The lowest BCUT2D eigenvalue weighted by Crippen LogP contribution is -2.30. The zero-order valence-electron chi connectivity index (χ0n) is 8.14. The molecule has 2 rings (SSSR count). The molecule has 3 heteroatoms. The predicted octanol–water partition coefficient (Wildman–Crippen LogP) is 2.53. The summed E-state index contributed by atoms with van der Waals surface area (Å²) in [4.78, 5) is 0. The van der Waals surface area contributed by atoms with Gasteiger partial charge in [-0.15, -0.1) is 0 Å². The van der Waals surface area contributed by atoms with E-state index in [9.17, 15) is 0 Å². The van der Waals surface area contributed by atoms with Gasteiger partial charge in [-0.3, -0.25) is 0 Å². The standard InChI is InChI=1S/C11H14O2S/c1-8(14)6-9-7-12-10-4-2-3-5-11(10)13-9/h2-5,8-9,14H,6-7H2,1H3. The van der Waals surface area contributed by atoms with Crippen LogP contribution in [-0.2, 0) is 0 Å². The monoisotopic (exact) mass is 210 g/mol. The molecule has 0 amide bonds. The highest BCUT2D eigenvalue weighted by atomic mass is 32.1. The Kier molecular flexibility index (Phi) is 2.87. The highest BCUT2D eigenvalue weighted by Crippen LogP contribution is 2.31. The second-order valence-corrected chi connectivity index (χ2v) is 4.46. The van der Waals surface area contributed by atoms with Crippen LogP contribution in [0.1, 0.15) is 13.3 Å². The van der Waals surface area contributed by atoms with Gasteiger partial charge in [0.25, 0.3) is 0 Å². The van der Waals surface area contributed by atoms with Crippen molar-refractivity contribution in [3.05, 3.63) is 24.3 Å². The molecule has 0 saturated carbocycles. The van der Waals surface area contributed by atoms with Gasteiger partial charge >= 0.3 is 0 Å². The molecule has 1 heterocycles. The van der Waals surface area contributed by atoms with Crippen LogP contribution >= 0.6 is 12.6 Å². The molecule has 0 aromatic heterocycles. The van der Waals surface area contributed by atoms with Crippen molar-refractivity contribution >= 4 is 12.6 Å². The SMILES string of the molecule is CC(S)CC1COc2ccccc2O1. The molecule has 1 aromatic carbocycles. The number of hydrogen-bond donors (Lipinski definition) is 1. The third kappa shape index (κ3) is 2.15. The quantitative estimate of drug-likeness (QED) is 0.756. The number of ether oxygens (including phenoxy) is 2. The molecule has 0 spiro atoms. The summed E-state index contributed by atoms with van der Waals surface area (Å²) in [6.07, 6.45) is 1.05. The summed E-state index contributed by atoms with van der Waals surface area (Å²) in [5, 5.41) is 0.342. The van der Waals surface area contributed by atoms with Gasteiger partial charge in [-0.1, -0.05) is 19.1 Å². The first-order valence-corrected chi connectivity index (χ1v) is 5.34. The van der Waals surface area contributed by atoms with Crippen LogP contribution in [-0.4, -0.2) is 18.0 Å². The van der Waals surface area contributed by atoms with Gasteiger partial charge in [0.1, 0.15) is 12.7 Å². The Labute approximate surface area is 89.6 Å². The highest BCUT2D eigenvalue weighted by Gasteiger charge is 2.21. The minimum Gasteiger partial charge on any atom is -0.486 e. The maximum atomic E-state index is 5.77. The lowest BCUT2D eigenvalue weighted by molar-refractivity contribution is 0.0855. The van der Waals surface area contributed by atoms with Gasteiger partial charge in [-0.25, -0.2) is 0 Å². The predicted molar refractivity (Wildman–Crippen MR) is 59.4 cm³/mol. The van der Waals surface area contributed by atoms with Crippen molar-refractivity contribution in [1.82, 2.24) is 0 Å². The van der Waals surface area contributed by atoms with E-state index >= 15 is 0 Å². The van der Waals surface area contributed by atoms with Crippen molar-refractivity contribution in [2.45, 2.75) is 24.7 Å². The average molecular weight is 210 g/mol. The summed E-state index contributed by atoms with van der Waals surface area (Å²) >= 11 is 4.34. The summed E-state index contributed by atoms with van der Waals surface area (Å²) in [7, 11) is 0. The van der Waals surface area contributed by atoms with Crippen LogP contribution in [0.5, 0.6) is 11.5 Å². The van der Waals surface area contributed by atoms with Gasteiger partial charge in [0.2, 0.25) is 0 Å². The number of para-hydroxylation sites is 2. The van der Waals surface area contributed by atoms with Crippen LogP contribution in [0.25, 0.3) is 0 Å². The topological polar surface area (TPSA) is 18.5 Å². The van der Waals surface area contributed by atoms with E-state index in [4.69, 9.17) is 9.47 Å². The van der Waals surface area contributed by atoms with Gasteiger partial charge in [-0.2, -0.15) is 12.6 Å². The molecule has 0 fully saturated rings. The third-order valence-corrected chi connectivity index (χ3v) is 2.38. The summed E-state index contributed by atoms with van der Waals surface area (Å²) < 4.78 is 11.3. The van der Waals surface area contributed by atoms with Crippen molar-refractivity contribution in [2.24, 2.45) is 0 Å². The van der Waals surface area contributed by atoms with E-state index in [2.05, 4.69) is 19.6 Å². The van der Waals surface area contributed by atoms with Gasteiger partial charge in [0.05, 0.1) is 0 Å². The first-order valence-electron chi connectivity index (χ1n) is 4.82. The van der Waals surface area contributed by atoms with E-state index in [0.717, 1.165) is 17.9 Å². The molecule has 1 aliphatic rings. The largest absolute Gasteiger partial charge is 0.486 e. The summed E-state index contributed by atoms with van der Waals surface area (Å²) in [5.41, 5.74) is 0. The Hall–Kier alpha value is -0.830. The zero-order valence-corrected chi connectivity index (χ0v) is 9.04. The van der Waals surface area contributed by atoms with E-state index in [-0.39, 0.29) is 6.10 Å². The van der Waals surface area contributed by atoms with E-state index < -0.39 is 0 Å². The Bertz CT molecular complexity index is 312. The molecule has 14 heavy (non-hydrogen) atoms. The minimum absolute atomic E-state index is 0.136. The van der Waals surface area contributed by atoms with Crippen molar-refractivity contribution in [3.8, 4) is 11.5 Å². The van der Waals surface area contributed by atoms with Crippen LogP contribution in [0, 0.1) is 0 Å². The number of benzene rings is 1. The summed E-state index contributed by atoms with van der Waals surface area (Å²) in [5.74, 6) is 1.69. The van der Waals surface area contributed by atoms with Crippen molar-refractivity contribution in [3.63, 3.8) is 0 Å². The first-order chi connectivity index (χ1) is 6.75. The molecule has 1 aliphatic heterocycles. The summed E-state index contributed by atoms with van der Waals surface area (Å²) in [6, 6.07) is 7.76. The Morgan fingerprint density at radius 1 is 1.43 bits per heavy atom. The summed E-state index contributed by atoms with van der Waals surface area (Å²) in [6.45, 7) is 2.69. The third-order valence-electron chi connectivity index (χ3n) is 2.17. The van der Waals surface area contributed by atoms with E-state index in [1.807, 2.05) is 24.3 Å². The molecule has 0 aliphatic carbocycles. The zero-order chi connectivity index (χ0) is 9.97. The normalized spacial score (nSPS) is 21.7. The van der Waals surface area contributed by atoms with E-state index in [0.29, 0.717) is 11.9 Å². The fourth-order valence-corrected chi connectivity index (χ4v) is 1.79. The second kappa shape index (κ2) is 4.13. The fraction of sp³-hybridized carbons (Fsp3) is 0.455. The average Bonchev–Trinajstić information content (AvgIpc) is 2.17. The lowest BCUT2D eigenvalue weighted by atomic mass is 10.2. The Morgan fingerprint density at radius 3 is 2.86 bits per heavy atom. The smallest absolute Gasteiger partial charge is 0.161 e. The molecular formula is C11H14O2S. The second-order valence-electron chi connectivity index (χ2n) is 3.58. The Balaban J connectivity index is 2.06. The van der Waals surface area contributed by atoms with Crippen LogP contribution in [0.2, 0.25) is 0 Å². The lowest BCUT2D eigenvalue weighted by Gasteiger charge is -2.27. The fourth-order valence-electron chi connectivity index (χ4n) is 1.56. The molecule has 0 N–H and O–H groups in total. The molecule has 0 radical (unpaired) electrons. The number of thiol groups is 1. The molecule has 0 bridgehead atoms. The van der Waals surface area contributed by atoms with Crippen molar-refractivity contribution in [1.29, 1.82) is 0 Å². The number of rotatable bonds is 2. The van der Waals surface area contributed by atoms with Gasteiger partial charge in [0.15, 0.2) is 11.5 Å². The van der Waals surface area contributed by atoms with Crippen molar-refractivity contribution in [2.75, 3.05) is 6.61 Å². The van der Waals surface area contributed by atoms with Gasteiger partial charge in [0, 0.05) is 5.25 Å². The van der Waals surface area contributed by atoms with Crippen molar-refractivity contribution < 1.29 is 9.47 Å². The molecular weight excluding hydrogens is 196 g/mol. The van der Waals surface area contributed by atoms with E-state index in [1.54, 1.807) is 0 Å². The molecule has 2 nitrogen and oxygen atoms in total. The Morgan fingerprint density at radius 2 is 2.14 bits per heavy atom. The molecule has 76 valence electrons. The van der Waals surface area contributed by atoms with Crippen LogP contribution in [0.4, 0.5) is 0 Å². The first kappa shape index (κ1) is 9.71. The maximum absolute atomic E-state index is 5.77. The van der Waals surface area contributed by atoms with Crippen LogP contribution in [0.15, 0.2) is 24.3 Å². The van der Waals surface area contributed by atoms with Gasteiger partial charge < -0.3 is 9.47 Å². The number of fused-ring (bicyclic) bond motifs is 1. The van der Waals surface area contributed by atoms with Crippen LogP contribution < -0.4 is 9.47 Å². The van der Waals surface area contributed by atoms with Gasteiger partial charge in [-0.05, 0) is 18.6 Å².